The first-order chi connectivity index (χ1) is 11.4. The van der Waals surface area contributed by atoms with Crippen molar-refractivity contribution in [2.75, 3.05) is 0 Å². The Labute approximate surface area is 141 Å². The number of hydrogen-bond acceptors (Lipinski definition) is 3. The molecule has 5 nitrogen and oxygen atoms in total. The lowest BCUT2D eigenvalue weighted by Crippen LogP contribution is -2.40. The number of rotatable bonds is 4. The second kappa shape index (κ2) is 6.43. The molecule has 0 saturated carbocycles. The van der Waals surface area contributed by atoms with Crippen LogP contribution in [0.15, 0.2) is 48.9 Å². The summed E-state index contributed by atoms with van der Waals surface area (Å²) in [7, 11) is 0. The molecule has 24 heavy (non-hydrogen) atoms. The van der Waals surface area contributed by atoms with Crippen LogP contribution in [0.1, 0.15) is 27.2 Å². The van der Waals surface area contributed by atoms with Gasteiger partial charge in [-0.25, -0.2) is 4.98 Å². The molecule has 0 aliphatic rings. The second-order valence-corrected chi connectivity index (χ2v) is 6.89. The van der Waals surface area contributed by atoms with E-state index in [1.165, 1.54) is 0 Å². The summed E-state index contributed by atoms with van der Waals surface area (Å²) in [6, 6.07) is 9.99. The number of amides is 1. The number of nitrogens with one attached hydrogen (secondary N) is 1. The predicted octanol–water partition coefficient (Wildman–Crippen LogP) is 3.40. The van der Waals surface area contributed by atoms with E-state index in [-0.39, 0.29) is 11.4 Å². The van der Waals surface area contributed by atoms with E-state index in [9.17, 15) is 4.79 Å². The summed E-state index contributed by atoms with van der Waals surface area (Å²) in [5, 5.41) is 4.07. The first-order valence-corrected chi connectivity index (χ1v) is 8.10. The molecular formula is C19H22N4O. The van der Waals surface area contributed by atoms with Gasteiger partial charge in [0.15, 0.2) is 0 Å². The van der Waals surface area contributed by atoms with Gasteiger partial charge >= 0.3 is 0 Å². The SMILES string of the molecule is CC(C)(C)NC(=O)CCn1c(-c2cccnc2)cc2cccnc21. The minimum absolute atomic E-state index is 0.0393. The normalized spacial score (nSPS) is 11.6. The van der Waals surface area contributed by atoms with Gasteiger partial charge in [0.25, 0.3) is 0 Å². The molecule has 0 atom stereocenters. The van der Waals surface area contributed by atoms with E-state index >= 15 is 0 Å². The maximum absolute atomic E-state index is 12.2. The Kier molecular flexibility index (Phi) is 4.34. The van der Waals surface area contributed by atoms with Gasteiger partial charge in [-0.2, -0.15) is 0 Å². The first kappa shape index (κ1) is 16.2. The van der Waals surface area contributed by atoms with Crippen LogP contribution in [0.4, 0.5) is 0 Å². The van der Waals surface area contributed by atoms with Crippen molar-refractivity contribution in [2.45, 2.75) is 39.3 Å². The topological polar surface area (TPSA) is 59.8 Å². The number of aromatic nitrogens is 3. The molecule has 3 rings (SSSR count). The fraction of sp³-hybridized carbons (Fsp3) is 0.316. The molecule has 5 heteroatoms. The van der Waals surface area contributed by atoms with Crippen molar-refractivity contribution in [3.8, 4) is 11.3 Å². The van der Waals surface area contributed by atoms with Gasteiger partial charge in [-0.1, -0.05) is 0 Å². The van der Waals surface area contributed by atoms with Crippen molar-refractivity contribution in [2.24, 2.45) is 0 Å². The molecule has 3 aromatic rings. The quantitative estimate of drug-likeness (QED) is 0.801. The zero-order chi connectivity index (χ0) is 17.2. The van der Waals surface area contributed by atoms with E-state index in [0.29, 0.717) is 13.0 Å². The Morgan fingerprint density at radius 3 is 2.71 bits per heavy atom. The zero-order valence-electron chi connectivity index (χ0n) is 14.3. The van der Waals surface area contributed by atoms with E-state index in [4.69, 9.17) is 0 Å². The molecule has 1 N–H and O–H groups in total. The third kappa shape index (κ3) is 3.62. The van der Waals surface area contributed by atoms with Crippen molar-refractivity contribution in [1.29, 1.82) is 0 Å². The number of nitrogens with zero attached hydrogens (tertiary/aromatic N) is 3. The summed E-state index contributed by atoms with van der Waals surface area (Å²) in [6.45, 7) is 6.53. The number of aryl methyl sites for hydroxylation is 1. The number of carbonyl (C=O) groups is 1. The molecule has 0 fully saturated rings. The minimum atomic E-state index is -0.222. The number of fused-ring (bicyclic) bond motifs is 1. The highest BCUT2D eigenvalue weighted by atomic mass is 16.1. The van der Waals surface area contributed by atoms with E-state index in [2.05, 4.69) is 25.9 Å². The fourth-order valence-electron chi connectivity index (χ4n) is 2.76. The summed E-state index contributed by atoms with van der Waals surface area (Å²) >= 11 is 0. The fourth-order valence-corrected chi connectivity index (χ4v) is 2.76. The Bertz CT molecular complexity index is 847. The van der Waals surface area contributed by atoms with Crippen LogP contribution >= 0.6 is 0 Å². The van der Waals surface area contributed by atoms with Crippen molar-refractivity contribution < 1.29 is 4.79 Å². The molecule has 0 unspecified atom stereocenters. The molecule has 0 bridgehead atoms. The highest BCUT2D eigenvalue weighted by Crippen LogP contribution is 2.26. The van der Waals surface area contributed by atoms with Gasteiger partial charge in [-0.05, 0) is 51.1 Å². The van der Waals surface area contributed by atoms with Crippen LogP contribution < -0.4 is 5.32 Å². The molecule has 0 aliphatic carbocycles. The van der Waals surface area contributed by atoms with Crippen LogP contribution in [0.5, 0.6) is 0 Å². The highest BCUT2D eigenvalue weighted by molar-refractivity contribution is 5.84. The van der Waals surface area contributed by atoms with Crippen LogP contribution in [0.25, 0.3) is 22.3 Å². The van der Waals surface area contributed by atoms with Gasteiger partial charge in [-0.3, -0.25) is 9.78 Å². The summed E-state index contributed by atoms with van der Waals surface area (Å²) in [4.78, 5) is 20.9. The highest BCUT2D eigenvalue weighted by Gasteiger charge is 2.16. The molecule has 124 valence electrons. The molecule has 1 amide bonds. The number of carbonyl (C=O) groups excluding carboxylic acids is 1. The predicted molar refractivity (Wildman–Crippen MR) is 95.5 cm³/mol. The summed E-state index contributed by atoms with van der Waals surface area (Å²) in [5.74, 6) is 0.0393. The average molecular weight is 322 g/mol. The minimum Gasteiger partial charge on any atom is -0.351 e. The van der Waals surface area contributed by atoms with Crippen LogP contribution in [-0.2, 0) is 11.3 Å². The molecular weight excluding hydrogens is 300 g/mol. The summed E-state index contributed by atoms with van der Waals surface area (Å²) < 4.78 is 2.09. The molecule has 0 aromatic carbocycles. The van der Waals surface area contributed by atoms with E-state index < -0.39 is 0 Å². The lowest BCUT2D eigenvalue weighted by atomic mass is 10.1. The van der Waals surface area contributed by atoms with Crippen molar-refractivity contribution in [3.05, 3.63) is 48.9 Å². The Morgan fingerprint density at radius 2 is 2.00 bits per heavy atom. The average Bonchev–Trinajstić information content (AvgIpc) is 2.91. The van der Waals surface area contributed by atoms with E-state index in [1.54, 1.807) is 12.4 Å². The van der Waals surface area contributed by atoms with Gasteiger partial charge in [0.2, 0.25) is 5.91 Å². The smallest absolute Gasteiger partial charge is 0.222 e. The summed E-state index contributed by atoms with van der Waals surface area (Å²) in [5.41, 5.74) is 2.72. The monoisotopic (exact) mass is 322 g/mol. The first-order valence-electron chi connectivity index (χ1n) is 8.10. The maximum atomic E-state index is 12.2. The van der Waals surface area contributed by atoms with Gasteiger partial charge in [0.1, 0.15) is 5.65 Å². The van der Waals surface area contributed by atoms with Crippen molar-refractivity contribution in [3.63, 3.8) is 0 Å². The van der Waals surface area contributed by atoms with Gasteiger partial charge in [-0.15, -0.1) is 0 Å². The van der Waals surface area contributed by atoms with Crippen LogP contribution in [-0.4, -0.2) is 26.0 Å². The van der Waals surface area contributed by atoms with Crippen LogP contribution in [0, 0.1) is 0 Å². The molecule has 0 saturated heterocycles. The van der Waals surface area contributed by atoms with Gasteiger partial charge in [0.05, 0.1) is 5.69 Å². The van der Waals surface area contributed by atoms with Gasteiger partial charge < -0.3 is 9.88 Å². The standard InChI is InChI=1S/C19H22N4O/c1-19(2,3)22-17(24)8-11-23-16(15-7-4-9-20-13-15)12-14-6-5-10-21-18(14)23/h4-7,9-10,12-13H,8,11H2,1-3H3,(H,22,24). The number of pyridine rings is 2. The Morgan fingerprint density at radius 1 is 1.21 bits per heavy atom. The van der Waals surface area contributed by atoms with Crippen molar-refractivity contribution in [1.82, 2.24) is 19.9 Å². The lowest BCUT2D eigenvalue weighted by molar-refractivity contribution is -0.122. The third-order valence-corrected chi connectivity index (χ3v) is 3.69. The largest absolute Gasteiger partial charge is 0.351 e. The molecule has 0 aliphatic heterocycles. The molecule has 0 spiro atoms. The second-order valence-electron chi connectivity index (χ2n) is 6.89. The maximum Gasteiger partial charge on any atom is 0.222 e. The zero-order valence-corrected chi connectivity index (χ0v) is 14.3. The molecule has 3 aromatic heterocycles. The third-order valence-electron chi connectivity index (χ3n) is 3.69. The van der Waals surface area contributed by atoms with E-state index in [1.807, 2.05) is 51.2 Å². The van der Waals surface area contributed by atoms with Gasteiger partial charge in [0, 0.05) is 48.0 Å². The molecule has 3 heterocycles. The van der Waals surface area contributed by atoms with Crippen LogP contribution in [0.2, 0.25) is 0 Å². The lowest BCUT2D eigenvalue weighted by Gasteiger charge is -2.20. The number of hydrogen-bond donors (Lipinski definition) is 1. The Hall–Kier alpha value is -2.69. The Balaban J connectivity index is 1.92. The van der Waals surface area contributed by atoms with E-state index in [0.717, 1.165) is 22.3 Å². The van der Waals surface area contributed by atoms with Crippen LogP contribution in [0.3, 0.4) is 0 Å². The van der Waals surface area contributed by atoms with Crippen molar-refractivity contribution >= 4 is 16.9 Å². The molecule has 0 radical (unpaired) electrons. The summed E-state index contributed by atoms with van der Waals surface area (Å²) in [6.07, 6.45) is 5.78.